The molecule has 2 aromatic rings. The molecule has 0 fully saturated rings. The van der Waals surface area contributed by atoms with Crippen molar-refractivity contribution in [1.82, 2.24) is 4.98 Å². The fourth-order valence-corrected chi connectivity index (χ4v) is 2.71. The summed E-state index contributed by atoms with van der Waals surface area (Å²) < 4.78 is 34.0. The van der Waals surface area contributed by atoms with Crippen molar-refractivity contribution in [2.75, 3.05) is 7.11 Å². The first-order chi connectivity index (χ1) is 11.9. The monoisotopic (exact) mass is 371 g/mol. The summed E-state index contributed by atoms with van der Waals surface area (Å²) in [5, 5.41) is 6.75. The van der Waals surface area contributed by atoms with Gasteiger partial charge < -0.3 is 20.0 Å². The van der Waals surface area contributed by atoms with Crippen molar-refractivity contribution in [3.63, 3.8) is 0 Å². The molecular weight excluding hydrogens is 352 g/mol. The predicted molar refractivity (Wildman–Crippen MR) is 91.3 cm³/mol. The molecular formula is C16H19F2N3O3S. The number of benzene rings is 1. The van der Waals surface area contributed by atoms with Crippen LogP contribution in [0.15, 0.2) is 28.7 Å². The molecule has 1 aromatic heterocycles. The molecule has 1 heterocycles. The first kappa shape index (κ1) is 18.9. The van der Waals surface area contributed by atoms with Crippen LogP contribution in [0.25, 0.3) is 0 Å². The molecule has 0 bridgehead atoms. The van der Waals surface area contributed by atoms with Crippen molar-refractivity contribution < 1.29 is 23.1 Å². The van der Waals surface area contributed by atoms with E-state index in [2.05, 4.69) is 28.7 Å². The van der Waals surface area contributed by atoms with Gasteiger partial charge in [0.25, 0.3) is 0 Å². The zero-order chi connectivity index (χ0) is 18.4. The SMILES string of the molecule is COc1cc(/C(N)=N/OCc2csc(C(C)C)n2)ccc1OC(F)F. The van der Waals surface area contributed by atoms with Gasteiger partial charge in [0.1, 0.15) is 0 Å². The molecule has 0 unspecified atom stereocenters. The molecule has 0 saturated heterocycles. The number of nitrogens with zero attached hydrogens (tertiary/aromatic N) is 2. The van der Waals surface area contributed by atoms with Gasteiger partial charge in [0, 0.05) is 16.9 Å². The van der Waals surface area contributed by atoms with Gasteiger partial charge in [-0.1, -0.05) is 19.0 Å². The molecule has 2 N–H and O–H groups in total. The summed E-state index contributed by atoms with van der Waals surface area (Å²) in [5.41, 5.74) is 7.08. The number of alkyl halides is 2. The Labute approximate surface area is 148 Å². The lowest BCUT2D eigenvalue weighted by atomic mass is 10.2. The maximum atomic E-state index is 12.3. The summed E-state index contributed by atoms with van der Waals surface area (Å²) in [6, 6.07) is 4.26. The highest BCUT2D eigenvalue weighted by Crippen LogP contribution is 2.29. The minimum Gasteiger partial charge on any atom is -0.493 e. The van der Waals surface area contributed by atoms with E-state index < -0.39 is 6.61 Å². The highest BCUT2D eigenvalue weighted by molar-refractivity contribution is 7.09. The van der Waals surface area contributed by atoms with Crippen LogP contribution in [-0.4, -0.2) is 24.5 Å². The minimum absolute atomic E-state index is 0.0845. The maximum absolute atomic E-state index is 12.3. The summed E-state index contributed by atoms with van der Waals surface area (Å²) >= 11 is 1.56. The lowest BCUT2D eigenvalue weighted by molar-refractivity contribution is -0.0512. The number of amidine groups is 1. The van der Waals surface area contributed by atoms with Crippen LogP contribution < -0.4 is 15.2 Å². The van der Waals surface area contributed by atoms with Crippen LogP contribution in [-0.2, 0) is 11.4 Å². The number of ether oxygens (including phenoxy) is 2. The van der Waals surface area contributed by atoms with Gasteiger partial charge in [-0.25, -0.2) is 4.98 Å². The van der Waals surface area contributed by atoms with Crippen LogP contribution in [0.1, 0.15) is 36.0 Å². The van der Waals surface area contributed by atoms with E-state index in [1.807, 2.05) is 5.38 Å². The van der Waals surface area contributed by atoms with E-state index in [1.54, 1.807) is 11.3 Å². The Balaban J connectivity index is 2.03. The van der Waals surface area contributed by atoms with Crippen LogP contribution in [0, 0.1) is 0 Å². The van der Waals surface area contributed by atoms with Crippen LogP contribution in [0.4, 0.5) is 8.78 Å². The number of aromatic nitrogens is 1. The maximum Gasteiger partial charge on any atom is 0.387 e. The van der Waals surface area contributed by atoms with Gasteiger partial charge in [-0.3, -0.25) is 0 Å². The average molecular weight is 371 g/mol. The fourth-order valence-electron chi connectivity index (χ4n) is 1.90. The number of nitrogens with two attached hydrogens (primary N) is 1. The summed E-state index contributed by atoms with van der Waals surface area (Å²) in [6.07, 6.45) is 0. The fraction of sp³-hybridized carbons (Fsp3) is 0.375. The molecule has 0 radical (unpaired) electrons. The van der Waals surface area contributed by atoms with Crippen LogP contribution in [0.3, 0.4) is 0 Å². The smallest absolute Gasteiger partial charge is 0.387 e. The van der Waals surface area contributed by atoms with Crippen molar-refractivity contribution in [2.24, 2.45) is 10.9 Å². The molecule has 0 aliphatic carbocycles. The second-order valence-corrected chi connectivity index (χ2v) is 6.22. The quantitative estimate of drug-likeness (QED) is 0.435. The van der Waals surface area contributed by atoms with E-state index in [1.165, 1.54) is 25.3 Å². The molecule has 0 saturated carbocycles. The Hall–Kier alpha value is -2.42. The van der Waals surface area contributed by atoms with Crippen molar-refractivity contribution in [3.05, 3.63) is 39.8 Å². The first-order valence-electron chi connectivity index (χ1n) is 7.43. The largest absolute Gasteiger partial charge is 0.493 e. The van der Waals surface area contributed by atoms with E-state index >= 15 is 0 Å². The molecule has 0 aliphatic rings. The Morgan fingerprint density at radius 3 is 2.68 bits per heavy atom. The Morgan fingerprint density at radius 1 is 1.32 bits per heavy atom. The topological polar surface area (TPSA) is 79.0 Å². The van der Waals surface area contributed by atoms with Gasteiger partial charge >= 0.3 is 6.61 Å². The number of methoxy groups -OCH3 is 1. The van der Waals surface area contributed by atoms with E-state index in [-0.39, 0.29) is 23.9 Å². The number of hydrogen-bond donors (Lipinski definition) is 1. The summed E-state index contributed by atoms with van der Waals surface area (Å²) in [7, 11) is 1.34. The molecule has 0 spiro atoms. The van der Waals surface area contributed by atoms with E-state index in [0.29, 0.717) is 11.5 Å². The predicted octanol–water partition coefficient (Wildman–Crippen LogP) is 3.71. The lowest BCUT2D eigenvalue weighted by Crippen LogP contribution is -2.14. The third kappa shape index (κ3) is 5.28. The number of oxime groups is 1. The Kier molecular flexibility index (Phi) is 6.51. The van der Waals surface area contributed by atoms with E-state index in [9.17, 15) is 8.78 Å². The number of rotatable bonds is 8. The third-order valence-electron chi connectivity index (χ3n) is 3.11. The zero-order valence-corrected chi connectivity index (χ0v) is 14.8. The van der Waals surface area contributed by atoms with Gasteiger partial charge in [-0.2, -0.15) is 8.78 Å². The van der Waals surface area contributed by atoms with Crippen LogP contribution in [0.2, 0.25) is 0 Å². The summed E-state index contributed by atoms with van der Waals surface area (Å²) in [4.78, 5) is 9.63. The van der Waals surface area contributed by atoms with Crippen LogP contribution >= 0.6 is 11.3 Å². The second-order valence-electron chi connectivity index (χ2n) is 5.33. The number of halogens is 2. The highest BCUT2D eigenvalue weighted by Gasteiger charge is 2.12. The lowest BCUT2D eigenvalue weighted by Gasteiger charge is -2.11. The van der Waals surface area contributed by atoms with Gasteiger partial charge in [0.05, 0.1) is 17.8 Å². The Morgan fingerprint density at radius 2 is 2.08 bits per heavy atom. The minimum atomic E-state index is -2.94. The zero-order valence-electron chi connectivity index (χ0n) is 14.0. The molecule has 2 rings (SSSR count). The molecule has 9 heteroatoms. The third-order valence-corrected chi connectivity index (χ3v) is 4.31. The first-order valence-corrected chi connectivity index (χ1v) is 8.31. The number of thiazole rings is 1. The molecule has 0 amide bonds. The standard InChI is InChI=1S/C16H19F2N3O3S/c1-9(2)15-20-11(8-25-15)7-23-21-14(19)10-4-5-12(24-16(17)18)13(6-10)22-3/h4-6,8-9,16H,7H2,1-3H3,(H2,19,21). The second kappa shape index (κ2) is 8.61. The van der Waals surface area contributed by atoms with Gasteiger partial charge in [-0.15, -0.1) is 11.3 Å². The van der Waals surface area contributed by atoms with Gasteiger partial charge in [0.2, 0.25) is 0 Å². The highest BCUT2D eigenvalue weighted by atomic mass is 32.1. The summed E-state index contributed by atoms with van der Waals surface area (Å²) in [6.45, 7) is 1.37. The average Bonchev–Trinajstić information content (AvgIpc) is 3.03. The van der Waals surface area contributed by atoms with Crippen LogP contribution in [0.5, 0.6) is 11.5 Å². The van der Waals surface area contributed by atoms with Crippen molar-refractivity contribution in [3.8, 4) is 11.5 Å². The van der Waals surface area contributed by atoms with Gasteiger partial charge in [0.15, 0.2) is 23.9 Å². The molecule has 6 nitrogen and oxygen atoms in total. The van der Waals surface area contributed by atoms with Gasteiger partial charge in [-0.05, 0) is 18.2 Å². The molecule has 1 aromatic carbocycles. The van der Waals surface area contributed by atoms with Crippen molar-refractivity contribution in [2.45, 2.75) is 33.0 Å². The van der Waals surface area contributed by atoms with Crippen molar-refractivity contribution in [1.29, 1.82) is 0 Å². The summed E-state index contributed by atoms with van der Waals surface area (Å²) in [5.74, 6) is 0.477. The normalized spacial score (nSPS) is 11.9. The molecule has 0 atom stereocenters. The Bertz CT molecular complexity index is 735. The molecule has 25 heavy (non-hydrogen) atoms. The van der Waals surface area contributed by atoms with E-state index in [4.69, 9.17) is 15.3 Å². The van der Waals surface area contributed by atoms with E-state index in [0.717, 1.165) is 10.7 Å². The molecule has 0 aliphatic heterocycles. The van der Waals surface area contributed by atoms with Crippen molar-refractivity contribution >= 4 is 17.2 Å². The number of hydrogen-bond acceptors (Lipinski definition) is 6. The molecule has 136 valence electrons.